The number of hydrogen-bond acceptors (Lipinski definition) is 2. The lowest BCUT2D eigenvalue weighted by atomic mass is 10.0. The van der Waals surface area contributed by atoms with E-state index in [0.29, 0.717) is 19.5 Å². The number of amides is 2. The molecule has 0 aliphatic carbocycles. The first-order valence-electron chi connectivity index (χ1n) is 6.32. The number of rotatable bonds is 4. The molecule has 2 rings (SSSR count). The predicted octanol–water partition coefficient (Wildman–Crippen LogP) is 1.00. The Morgan fingerprint density at radius 2 is 2.11 bits per heavy atom. The zero-order valence-corrected chi connectivity index (χ0v) is 10.5. The molecule has 18 heavy (non-hydrogen) atoms. The summed E-state index contributed by atoms with van der Waals surface area (Å²) in [6, 6.07) is 8.07. The fourth-order valence-corrected chi connectivity index (χ4v) is 2.19. The van der Waals surface area contributed by atoms with Crippen LogP contribution in [-0.2, 0) is 22.6 Å². The Kier molecular flexibility index (Phi) is 3.97. The van der Waals surface area contributed by atoms with E-state index in [0.717, 1.165) is 12.0 Å². The van der Waals surface area contributed by atoms with Crippen LogP contribution in [0.1, 0.15) is 24.5 Å². The van der Waals surface area contributed by atoms with Crippen molar-refractivity contribution in [3.8, 4) is 0 Å². The smallest absolute Gasteiger partial charge is 0.225 e. The van der Waals surface area contributed by atoms with Crippen molar-refractivity contribution < 1.29 is 9.59 Å². The number of benzene rings is 1. The van der Waals surface area contributed by atoms with Crippen LogP contribution >= 0.6 is 0 Å². The Hall–Kier alpha value is -1.84. The second-order valence-corrected chi connectivity index (χ2v) is 4.55. The third-order valence-electron chi connectivity index (χ3n) is 3.30. The molecule has 0 spiro atoms. The van der Waals surface area contributed by atoms with Gasteiger partial charge < -0.3 is 10.6 Å². The van der Waals surface area contributed by atoms with Crippen molar-refractivity contribution in [2.75, 3.05) is 6.54 Å². The van der Waals surface area contributed by atoms with Gasteiger partial charge in [-0.2, -0.15) is 0 Å². The molecule has 4 nitrogen and oxygen atoms in total. The summed E-state index contributed by atoms with van der Waals surface area (Å²) in [6.07, 6.45) is 1.26. The maximum atomic E-state index is 11.9. The minimum absolute atomic E-state index is 0.0379. The number of hydrogen-bond donors (Lipinski definition) is 2. The van der Waals surface area contributed by atoms with Crippen LogP contribution in [0.5, 0.6) is 0 Å². The van der Waals surface area contributed by atoms with Gasteiger partial charge in [-0.1, -0.05) is 31.2 Å². The molecule has 96 valence electrons. The van der Waals surface area contributed by atoms with Crippen LogP contribution in [0.15, 0.2) is 24.3 Å². The van der Waals surface area contributed by atoms with Crippen molar-refractivity contribution in [3.63, 3.8) is 0 Å². The molecule has 0 radical (unpaired) electrons. The van der Waals surface area contributed by atoms with Crippen LogP contribution in [0.3, 0.4) is 0 Å². The predicted molar refractivity (Wildman–Crippen MR) is 68.8 cm³/mol. The van der Waals surface area contributed by atoms with E-state index < -0.39 is 0 Å². The molecule has 1 fully saturated rings. The Bertz CT molecular complexity index is 457. The van der Waals surface area contributed by atoms with E-state index in [1.165, 1.54) is 5.56 Å². The Morgan fingerprint density at radius 3 is 2.72 bits per heavy atom. The summed E-state index contributed by atoms with van der Waals surface area (Å²) in [5.41, 5.74) is 2.39. The quantitative estimate of drug-likeness (QED) is 0.832. The molecule has 0 bridgehead atoms. The second-order valence-electron chi connectivity index (χ2n) is 4.55. The normalized spacial score (nSPS) is 18.5. The van der Waals surface area contributed by atoms with E-state index in [1.807, 2.05) is 18.2 Å². The van der Waals surface area contributed by atoms with Gasteiger partial charge in [0.15, 0.2) is 0 Å². The van der Waals surface area contributed by atoms with Crippen molar-refractivity contribution in [1.82, 2.24) is 10.6 Å². The third-order valence-corrected chi connectivity index (χ3v) is 3.30. The van der Waals surface area contributed by atoms with Gasteiger partial charge in [-0.25, -0.2) is 0 Å². The molecular weight excluding hydrogens is 228 g/mol. The largest absolute Gasteiger partial charge is 0.355 e. The number of carbonyl (C=O) groups excluding carboxylic acids is 2. The van der Waals surface area contributed by atoms with Gasteiger partial charge in [0.25, 0.3) is 0 Å². The molecule has 4 heteroatoms. The van der Waals surface area contributed by atoms with Crippen molar-refractivity contribution in [2.45, 2.75) is 26.3 Å². The first-order valence-corrected chi connectivity index (χ1v) is 6.32. The summed E-state index contributed by atoms with van der Waals surface area (Å²) in [5, 5.41) is 5.58. The average Bonchev–Trinajstić information content (AvgIpc) is 2.83. The van der Waals surface area contributed by atoms with Crippen molar-refractivity contribution in [1.29, 1.82) is 0 Å². The fraction of sp³-hybridized carbons (Fsp3) is 0.429. The van der Waals surface area contributed by atoms with E-state index >= 15 is 0 Å². The van der Waals surface area contributed by atoms with E-state index in [2.05, 4.69) is 23.6 Å². The molecule has 1 aliphatic heterocycles. The molecule has 1 heterocycles. The van der Waals surface area contributed by atoms with Gasteiger partial charge in [0.05, 0.1) is 5.92 Å². The van der Waals surface area contributed by atoms with Crippen molar-refractivity contribution >= 4 is 11.8 Å². The number of nitrogens with one attached hydrogen (secondary N) is 2. The lowest BCUT2D eigenvalue weighted by Gasteiger charge is -2.11. The summed E-state index contributed by atoms with van der Waals surface area (Å²) in [7, 11) is 0. The number of aryl methyl sites for hydroxylation is 1. The van der Waals surface area contributed by atoms with Crippen LogP contribution in [0.2, 0.25) is 0 Å². The van der Waals surface area contributed by atoms with Crippen LogP contribution in [0, 0.1) is 5.92 Å². The second kappa shape index (κ2) is 5.67. The summed E-state index contributed by atoms with van der Waals surface area (Å²) >= 11 is 0. The monoisotopic (exact) mass is 246 g/mol. The summed E-state index contributed by atoms with van der Waals surface area (Å²) in [4.78, 5) is 22.9. The van der Waals surface area contributed by atoms with Crippen molar-refractivity contribution in [3.05, 3.63) is 35.4 Å². The Labute approximate surface area is 107 Å². The van der Waals surface area contributed by atoms with Gasteiger partial charge in [-0.3, -0.25) is 9.59 Å². The lowest BCUT2D eigenvalue weighted by molar-refractivity contribution is -0.126. The minimum Gasteiger partial charge on any atom is -0.355 e. The summed E-state index contributed by atoms with van der Waals surface area (Å²) in [5.74, 6) is -0.297. The molecule has 1 unspecified atom stereocenters. The molecule has 0 aromatic heterocycles. The first kappa shape index (κ1) is 12.6. The van der Waals surface area contributed by atoms with Gasteiger partial charge in [0, 0.05) is 19.5 Å². The number of carbonyl (C=O) groups is 2. The fourth-order valence-electron chi connectivity index (χ4n) is 2.19. The highest BCUT2D eigenvalue weighted by Gasteiger charge is 2.27. The first-order chi connectivity index (χ1) is 8.70. The van der Waals surface area contributed by atoms with E-state index in [1.54, 1.807) is 0 Å². The molecule has 1 aliphatic rings. The van der Waals surface area contributed by atoms with Crippen LogP contribution < -0.4 is 10.6 Å². The van der Waals surface area contributed by atoms with Gasteiger partial charge in [0.2, 0.25) is 11.8 Å². The highest BCUT2D eigenvalue weighted by molar-refractivity contribution is 5.89. The average molecular weight is 246 g/mol. The zero-order valence-electron chi connectivity index (χ0n) is 10.5. The highest BCUT2D eigenvalue weighted by Crippen LogP contribution is 2.11. The molecule has 0 saturated carbocycles. The molecule has 2 N–H and O–H groups in total. The standard InChI is InChI=1S/C14H18N2O2/c1-2-10-5-3-4-6-11(10)8-16-14(18)12-7-13(17)15-9-12/h3-6,12H,2,7-9H2,1H3,(H,15,17)(H,16,18). The van der Waals surface area contributed by atoms with E-state index in [-0.39, 0.29) is 17.7 Å². The van der Waals surface area contributed by atoms with Gasteiger partial charge in [-0.05, 0) is 17.5 Å². The third kappa shape index (κ3) is 2.88. The molecule has 1 aromatic rings. The summed E-state index contributed by atoms with van der Waals surface area (Å²) < 4.78 is 0. The molecule has 1 atom stereocenters. The zero-order chi connectivity index (χ0) is 13.0. The van der Waals surface area contributed by atoms with Crippen LogP contribution in [-0.4, -0.2) is 18.4 Å². The lowest BCUT2D eigenvalue weighted by Crippen LogP contribution is -2.31. The van der Waals surface area contributed by atoms with Gasteiger partial charge >= 0.3 is 0 Å². The maximum absolute atomic E-state index is 11.9. The minimum atomic E-state index is -0.216. The van der Waals surface area contributed by atoms with Crippen molar-refractivity contribution in [2.24, 2.45) is 5.92 Å². The molecule has 1 saturated heterocycles. The summed E-state index contributed by atoms with van der Waals surface area (Å²) in [6.45, 7) is 3.09. The van der Waals surface area contributed by atoms with Crippen LogP contribution in [0.4, 0.5) is 0 Å². The van der Waals surface area contributed by atoms with Gasteiger partial charge in [0.1, 0.15) is 0 Å². The van der Waals surface area contributed by atoms with E-state index in [4.69, 9.17) is 0 Å². The highest BCUT2D eigenvalue weighted by atomic mass is 16.2. The topological polar surface area (TPSA) is 58.2 Å². The molecular formula is C14H18N2O2. The Balaban J connectivity index is 1.91. The molecule has 1 aromatic carbocycles. The van der Waals surface area contributed by atoms with Crippen LogP contribution in [0.25, 0.3) is 0 Å². The Morgan fingerprint density at radius 1 is 1.39 bits per heavy atom. The van der Waals surface area contributed by atoms with E-state index in [9.17, 15) is 9.59 Å². The maximum Gasteiger partial charge on any atom is 0.225 e. The van der Waals surface area contributed by atoms with Gasteiger partial charge in [-0.15, -0.1) is 0 Å². The SMILES string of the molecule is CCc1ccccc1CNC(=O)C1CNC(=O)C1. The molecule has 2 amide bonds.